The van der Waals surface area contributed by atoms with E-state index >= 15 is 0 Å². The zero-order valence-electron chi connectivity index (χ0n) is 15.9. The number of nitrogens with one attached hydrogen (secondary N) is 1. The maximum Gasteiger partial charge on any atom is 0.263 e. The van der Waals surface area contributed by atoms with Crippen LogP contribution in [0.1, 0.15) is 34.1 Å². The Hall–Kier alpha value is -1.64. The molecule has 0 bridgehead atoms. The average molecular weight is 422 g/mol. The number of thioether (sulfide) groups is 1. The van der Waals surface area contributed by atoms with Crippen molar-refractivity contribution in [2.24, 2.45) is 0 Å². The molecule has 27 heavy (non-hydrogen) atoms. The smallest absolute Gasteiger partial charge is 0.263 e. The molecule has 0 radical (unpaired) electrons. The Balaban J connectivity index is 1.91. The summed E-state index contributed by atoms with van der Waals surface area (Å²) in [6.07, 6.45) is 0.855. The first-order valence-electron chi connectivity index (χ1n) is 8.86. The summed E-state index contributed by atoms with van der Waals surface area (Å²) in [5, 5.41) is 8.29. The molecule has 144 valence electrons. The molecule has 1 amide bonds. The molecule has 0 atom stereocenters. The van der Waals surface area contributed by atoms with Crippen LogP contribution in [0.15, 0.2) is 32.8 Å². The van der Waals surface area contributed by atoms with Crippen LogP contribution in [0.25, 0.3) is 20.7 Å². The van der Waals surface area contributed by atoms with Crippen molar-refractivity contribution in [3.05, 3.63) is 33.2 Å². The fourth-order valence-corrected chi connectivity index (χ4v) is 5.31. The van der Waals surface area contributed by atoms with E-state index in [1.807, 2.05) is 50.6 Å². The molecule has 0 aliphatic carbocycles. The van der Waals surface area contributed by atoms with Gasteiger partial charge in [-0.05, 0) is 38.6 Å². The lowest BCUT2D eigenvalue weighted by atomic mass is 10.0. The first kappa shape index (κ1) is 20.1. The zero-order chi connectivity index (χ0) is 19.6. The summed E-state index contributed by atoms with van der Waals surface area (Å²) in [5.74, 6) is 0.194. The molecule has 1 N–H and O–H groups in total. The van der Waals surface area contributed by atoms with Crippen molar-refractivity contribution in [2.45, 2.75) is 51.4 Å². The number of rotatable bonds is 7. The quantitative estimate of drug-likeness (QED) is 0.447. The second-order valence-electron chi connectivity index (χ2n) is 6.82. The Kier molecular flexibility index (Phi) is 6.08. The largest absolute Gasteiger partial charge is 0.351 e. The van der Waals surface area contributed by atoms with E-state index in [0.29, 0.717) is 17.1 Å². The second kappa shape index (κ2) is 8.16. The predicted molar refractivity (Wildman–Crippen MR) is 116 cm³/mol. The summed E-state index contributed by atoms with van der Waals surface area (Å²) < 4.78 is 1.66. The van der Waals surface area contributed by atoms with Crippen LogP contribution >= 0.6 is 34.4 Å². The third-order valence-electron chi connectivity index (χ3n) is 4.46. The van der Waals surface area contributed by atoms with Crippen molar-refractivity contribution in [3.63, 3.8) is 0 Å². The average Bonchev–Trinajstić information content (AvgIpc) is 3.29. The number of aromatic nitrogens is 2. The Labute approximate surface area is 170 Å². The van der Waals surface area contributed by atoms with E-state index in [1.54, 1.807) is 15.9 Å². The number of amides is 1. The van der Waals surface area contributed by atoms with Crippen molar-refractivity contribution in [1.29, 1.82) is 0 Å². The van der Waals surface area contributed by atoms with Crippen LogP contribution in [0.3, 0.4) is 0 Å². The molecule has 3 aromatic rings. The monoisotopic (exact) mass is 421 g/mol. The van der Waals surface area contributed by atoms with Gasteiger partial charge in [-0.15, -0.1) is 22.7 Å². The van der Waals surface area contributed by atoms with Crippen molar-refractivity contribution in [2.75, 3.05) is 5.75 Å². The first-order valence-corrected chi connectivity index (χ1v) is 11.6. The van der Waals surface area contributed by atoms with Gasteiger partial charge in [-0.3, -0.25) is 14.2 Å². The molecule has 3 aromatic heterocycles. The number of carbonyl (C=O) groups excluding carboxylic acids is 1. The molecule has 8 heteroatoms. The fourth-order valence-electron chi connectivity index (χ4n) is 2.64. The van der Waals surface area contributed by atoms with Crippen molar-refractivity contribution >= 4 is 50.6 Å². The lowest BCUT2D eigenvalue weighted by Crippen LogP contribution is -2.43. The minimum atomic E-state index is -0.233. The number of carbonyl (C=O) groups is 1. The SMILES string of the molecule is CCn1c(SCC(=O)NC(C)(C)CC)nc2scc(-c3cccs3)c2c1=O. The molecule has 0 saturated carbocycles. The highest BCUT2D eigenvalue weighted by Crippen LogP contribution is 2.34. The van der Waals surface area contributed by atoms with Gasteiger partial charge in [0.05, 0.1) is 11.1 Å². The molecule has 0 spiro atoms. The minimum Gasteiger partial charge on any atom is -0.351 e. The van der Waals surface area contributed by atoms with E-state index < -0.39 is 0 Å². The van der Waals surface area contributed by atoms with Crippen LogP contribution in [0, 0.1) is 0 Å². The molecule has 5 nitrogen and oxygen atoms in total. The molecule has 3 heterocycles. The third kappa shape index (κ3) is 4.28. The number of hydrogen-bond acceptors (Lipinski definition) is 6. The maximum atomic E-state index is 13.1. The molecule has 0 aromatic carbocycles. The van der Waals surface area contributed by atoms with Crippen molar-refractivity contribution in [1.82, 2.24) is 14.9 Å². The van der Waals surface area contributed by atoms with E-state index in [9.17, 15) is 9.59 Å². The summed E-state index contributed by atoms with van der Waals surface area (Å²) in [6, 6.07) is 4.00. The van der Waals surface area contributed by atoms with Gasteiger partial charge in [-0.1, -0.05) is 24.8 Å². The summed E-state index contributed by atoms with van der Waals surface area (Å²) >= 11 is 4.41. The van der Waals surface area contributed by atoms with Gasteiger partial charge in [0.2, 0.25) is 5.91 Å². The van der Waals surface area contributed by atoms with Gasteiger partial charge in [0, 0.05) is 27.9 Å². The summed E-state index contributed by atoms with van der Waals surface area (Å²) in [7, 11) is 0. The highest BCUT2D eigenvalue weighted by atomic mass is 32.2. The normalized spacial score (nSPS) is 11.9. The lowest BCUT2D eigenvalue weighted by molar-refractivity contribution is -0.120. The van der Waals surface area contributed by atoms with Gasteiger partial charge in [0.1, 0.15) is 4.83 Å². The topological polar surface area (TPSA) is 64.0 Å². The van der Waals surface area contributed by atoms with Crippen LogP contribution < -0.4 is 10.9 Å². The molecular weight excluding hydrogens is 398 g/mol. The summed E-state index contributed by atoms with van der Waals surface area (Å²) in [5.41, 5.74) is 0.677. The van der Waals surface area contributed by atoms with Gasteiger partial charge in [-0.25, -0.2) is 4.98 Å². The molecular formula is C19H23N3O2S3. The number of hydrogen-bond donors (Lipinski definition) is 1. The standard InChI is InChI=1S/C19H23N3O2S3/c1-5-19(3,4)21-14(23)11-27-18-20-16-15(17(24)22(18)6-2)12(10-26-16)13-8-7-9-25-13/h7-10H,5-6,11H2,1-4H3,(H,21,23). The van der Waals surface area contributed by atoms with Gasteiger partial charge < -0.3 is 5.32 Å². The van der Waals surface area contributed by atoms with Crippen LogP contribution in [0.4, 0.5) is 0 Å². The van der Waals surface area contributed by atoms with Crippen molar-refractivity contribution < 1.29 is 4.79 Å². The van der Waals surface area contributed by atoms with Gasteiger partial charge in [0.15, 0.2) is 5.16 Å². The van der Waals surface area contributed by atoms with Crippen LogP contribution in [0.2, 0.25) is 0 Å². The maximum absolute atomic E-state index is 13.1. The fraction of sp³-hybridized carbons (Fsp3) is 0.421. The summed E-state index contributed by atoms with van der Waals surface area (Å²) in [6.45, 7) is 8.49. The van der Waals surface area contributed by atoms with E-state index in [-0.39, 0.29) is 22.8 Å². The first-order chi connectivity index (χ1) is 12.9. The predicted octanol–water partition coefficient (Wildman–Crippen LogP) is 4.60. The van der Waals surface area contributed by atoms with E-state index in [2.05, 4.69) is 5.32 Å². The van der Waals surface area contributed by atoms with E-state index in [1.165, 1.54) is 23.1 Å². The molecule has 0 unspecified atom stereocenters. The van der Waals surface area contributed by atoms with Crippen LogP contribution in [-0.4, -0.2) is 26.8 Å². The van der Waals surface area contributed by atoms with Gasteiger partial charge >= 0.3 is 0 Å². The Bertz CT molecular complexity index is 1000. The van der Waals surface area contributed by atoms with Crippen molar-refractivity contribution in [3.8, 4) is 10.4 Å². The van der Waals surface area contributed by atoms with E-state index in [0.717, 1.165) is 21.7 Å². The number of fused-ring (bicyclic) bond motifs is 1. The zero-order valence-corrected chi connectivity index (χ0v) is 18.3. The van der Waals surface area contributed by atoms with Crippen LogP contribution in [-0.2, 0) is 11.3 Å². The highest BCUT2D eigenvalue weighted by Gasteiger charge is 2.20. The molecule has 0 saturated heterocycles. The Morgan fingerprint density at radius 3 is 2.74 bits per heavy atom. The van der Waals surface area contributed by atoms with Gasteiger partial charge in [0.25, 0.3) is 5.56 Å². The van der Waals surface area contributed by atoms with E-state index in [4.69, 9.17) is 4.98 Å². The van der Waals surface area contributed by atoms with Gasteiger partial charge in [-0.2, -0.15) is 0 Å². The van der Waals surface area contributed by atoms with Crippen LogP contribution in [0.5, 0.6) is 0 Å². The summed E-state index contributed by atoms with van der Waals surface area (Å²) in [4.78, 5) is 31.8. The molecule has 0 fully saturated rings. The Morgan fingerprint density at radius 2 is 2.11 bits per heavy atom. The Morgan fingerprint density at radius 1 is 1.33 bits per heavy atom. The third-order valence-corrected chi connectivity index (χ3v) is 7.21. The molecule has 0 aliphatic heterocycles. The minimum absolute atomic E-state index is 0.0380. The number of thiophene rings is 2. The number of nitrogens with zero attached hydrogens (tertiary/aromatic N) is 2. The molecule has 0 aliphatic rings. The molecule has 3 rings (SSSR count). The highest BCUT2D eigenvalue weighted by molar-refractivity contribution is 7.99. The lowest BCUT2D eigenvalue weighted by Gasteiger charge is -2.24. The second-order valence-corrected chi connectivity index (χ2v) is 9.57.